The van der Waals surface area contributed by atoms with Crippen molar-refractivity contribution in [3.8, 4) is 0 Å². The van der Waals surface area contributed by atoms with Crippen molar-refractivity contribution in [1.29, 1.82) is 0 Å². The van der Waals surface area contributed by atoms with Crippen molar-refractivity contribution in [2.24, 2.45) is 10.9 Å². The van der Waals surface area contributed by atoms with Gasteiger partial charge < -0.3 is 0 Å². The van der Waals surface area contributed by atoms with E-state index in [0.717, 1.165) is 5.92 Å². The fourth-order valence-corrected chi connectivity index (χ4v) is 1.17. The van der Waals surface area contributed by atoms with Crippen molar-refractivity contribution < 1.29 is 0 Å². The number of alkyl halides is 1. The van der Waals surface area contributed by atoms with Crippen LogP contribution in [0, 0.1) is 5.92 Å². The van der Waals surface area contributed by atoms with Crippen LogP contribution in [0.2, 0.25) is 0 Å². The van der Waals surface area contributed by atoms with Gasteiger partial charge in [0.15, 0.2) is 0 Å². The highest BCUT2D eigenvalue weighted by Crippen LogP contribution is 2.37. The zero-order valence-electron chi connectivity index (χ0n) is 7.97. The summed E-state index contributed by atoms with van der Waals surface area (Å²) in [7, 11) is 0. The second-order valence-corrected chi connectivity index (χ2v) is 4.73. The van der Waals surface area contributed by atoms with E-state index in [0.29, 0.717) is 4.83 Å². The molecule has 12 heavy (non-hydrogen) atoms. The summed E-state index contributed by atoms with van der Waals surface area (Å²) < 4.78 is 0. The predicted molar refractivity (Wildman–Crippen MR) is 58.0 cm³/mol. The molecule has 0 bridgehead atoms. The van der Waals surface area contributed by atoms with Crippen LogP contribution < -0.4 is 0 Å². The predicted octanol–water partition coefficient (Wildman–Crippen LogP) is 3.54. The first-order chi connectivity index (χ1) is 5.65. The Bertz CT molecular complexity index is 212. The van der Waals surface area contributed by atoms with Gasteiger partial charge in [0.1, 0.15) is 0 Å². The van der Waals surface area contributed by atoms with Gasteiger partial charge >= 0.3 is 0 Å². The molecule has 1 atom stereocenters. The van der Waals surface area contributed by atoms with Crippen molar-refractivity contribution in [2.75, 3.05) is 0 Å². The SMILES string of the molecule is C/C=C(\N=C(C)C(C)Br)C1CC1. The smallest absolute Gasteiger partial charge is 0.0498 e. The lowest BCUT2D eigenvalue weighted by atomic mass is 10.2. The van der Waals surface area contributed by atoms with E-state index in [-0.39, 0.29) is 0 Å². The largest absolute Gasteiger partial charge is 0.261 e. The van der Waals surface area contributed by atoms with E-state index in [1.807, 2.05) is 0 Å². The van der Waals surface area contributed by atoms with Gasteiger partial charge in [0.05, 0.1) is 0 Å². The van der Waals surface area contributed by atoms with Crippen LogP contribution in [0.3, 0.4) is 0 Å². The van der Waals surface area contributed by atoms with Crippen LogP contribution in [0.15, 0.2) is 16.8 Å². The summed E-state index contributed by atoms with van der Waals surface area (Å²) in [6.45, 7) is 6.26. The average Bonchev–Trinajstić information content (AvgIpc) is 2.82. The summed E-state index contributed by atoms with van der Waals surface area (Å²) in [4.78, 5) is 4.98. The molecule has 68 valence electrons. The molecule has 1 rings (SSSR count). The number of hydrogen-bond donors (Lipinski definition) is 0. The van der Waals surface area contributed by atoms with Gasteiger partial charge in [-0.3, -0.25) is 4.99 Å². The molecule has 0 amide bonds. The van der Waals surface area contributed by atoms with Crippen LogP contribution in [-0.2, 0) is 0 Å². The summed E-state index contributed by atoms with van der Waals surface area (Å²) >= 11 is 3.51. The molecular weight excluding hydrogens is 214 g/mol. The summed E-state index contributed by atoms with van der Waals surface area (Å²) in [5.74, 6) is 0.760. The normalized spacial score (nSPS) is 22.7. The lowest BCUT2D eigenvalue weighted by Crippen LogP contribution is -2.05. The molecule has 1 aliphatic carbocycles. The van der Waals surface area contributed by atoms with E-state index in [4.69, 9.17) is 0 Å². The third-order valence-corrected chi connectivity index (χ3v) is 2.84. The zero-order chi connectivity index (χ0) is 9.14. The molecule has 1 fully saturated rings. The Labute approximate surface area is 83.1 Å². The van der Waals surface area contributed by atoms with Gasteiger partial charge in [0, 0.05) is 22.2 Å². The number of nitrogens with zero attached hydrogens (tertiary/aromatic N) is 1. The molecule has 0 spiro atoms. The van der Waals surface area contributed by atoms with Gasteiger partial charge in [-0.25, -0.2) is 0 Å². The molecule has 1 saturated carbocycles. The van der Waals surface area contributed by atoms with Crippen molar-refractivity contribution in [3.63, 3.8) is 0 Å². The van der Waals surface area contributed by atoms with Crippen molar-refractivity contribution in [1.82, 2.24) is 0 Å². The quantitative estimate of drug-likeness (QED) is 0.519. The highest BCUT2D eigenvalue weighted by molar-refractivity contribution is 9.10. The Kier molecular flexibility index (Phi) is 3.51. The zero-order valence-corrected chi connectivity index (χ0v) is 9.56. The Morgan fingerprint density at radius 3 is 2.50 bits per heavy atom. The van der Waals surface area contributed by atoms with Crippen molar-refractivity contribution >= 4 is 21.6 Å². The van der Waals surface area contributed by atoms with E-state index in [2.05, 4.69) is 47.8 Å². The van der Waals surface area contributed by atoms with Crippen LogP contribution in [0.4, 0.5) is 0 Å². The van der Waals surface area contributed by atoms with Crippen LogP contribution in [0.25, 0.3) is 0 Å². The summed E-state index contributed by atoms with van der Waals surface area (Å²) in [5.41, 5.74) is 2.45. The minimum atomic E-state index is 0.395. The molecule has 0 N–H and O–H groups in total. The molecule has 0 saturated heterocycles. The third-order valence-electron chi connectivity index (χ3n) is 2.17. The number of allylic oxidation sites excluding steroid dienone is 2. The van der Waals surface area contributed by atoms with Crippen LogP contribution in [0.5, 0.6) is 0 Å². The van der Waals surface area contributed by atoms with E-state index in [1.54, 1.807) is 0 Å². The van der Waals surface area contributed by atoms with Crippen molar-refractivity contribution in [3.05, 3.63) is 11.8 Å². The van der Waals surface area contributed by atoms with Gasteiger partial charge in [-0.1, -0.05) is 22.0 Å². The second kappa shape index (κ2) is 4.22. The maximum atomic E-state index is 4.59. The van der Waals surface area contributed by atoms with E-state index < -0.39 is 0 Å². The first-order valence-electron chi connectivity index (χ1n) is 4.50. The lowest BCUT2D eigenvalue weighted by Gasteiger charge is -2.04. The third kappa shape index (κ3) is 2.74. The minimum Gasteiger partial charge on any atom is -0.261 e. The molecule has 0 aromatic rings. The molecule has 1 unspecified atom stereocenters. The molecule has 0 aromatic heterocycles. The fraction of sp³-hybridized carbons (Fsp3) is 0.700. The van der Waals surface area contributed by atoms with Gasteiger partial charge in [0.25, 0.3) is 0 Å². The monoisotopic (exact) mass is 229 g/mol. The Morgan fingerprint density at radius 2 is 2.17 bits per heavy atom. The van der Waals surface area contributed by atoms with Gasteiger partial charge in [-0.15, -0.1) is 0 Å². The molecule has 0 heterocycles. The average molecular weight is 230 g/mol. The molecular formula is C10H16BrN. The maximum Gasteiger partial charge on any atom is 0.0498 e. The minimum absolute atomic E-state index is 0.395. The lowest BCUT2D eigenvalue weighted by molar-refractivity contribution is 0.969. The van der Waals surface area contributed by atoms with Crippen LogP contribution in [-0.4, -0.2) is 10.5 Å². The van der Waals surface area contributed by atoms with Crippen LogP contribution >= 0.6 is 15.9 Å². The Balaban J connectivity index is 2.62. The van der Waals surface area contributed by atoms with E-state index in [1.165, 1.54) is 24.3 Å². The van der Waals surface area contributed by atoms with Crippen LogP contribution in [0.1, 0.15) is 33.6 Å². The van der Waals surface area contributed by atoms with E-state index >= 15 is 0 Å². The summed E-state index contributed by atoms with van der Waals surface area (Å²) in [5, 5.41) is 0. The number of hydrogen-bond acceptors (Lipinski definition) is 1. The highest BCUT2D eigenvalue weighted by Gasteiger charge is 2.25. The standard InChI is InChI=1S/C10H16BrN/c1-4-10(9-5-6-9)12-8(3)7(2)11/h4,7,9H,5-6H2,1-3H3/b10-4-,12-8?. The topological polar surface area (TPSA) is 12.4 Å². The van der Waals surface area contributed by atoms with Gasteiger partial charge in [-0.05, 0) is 33.6 Å². The fourth-order valence-electron chi connectivity index (χ4n) is 1.06. The molecule has 0 aliphatic heterocycles. The highest BCUT2D eigenvalue weighted by atomic mass is 79.9. The second-order valence-electron chi connectivity index (χ2n) is 3.36. The molecule has 1 nitrogen and oxygen atoms in total. The maximum absolute atomic E-state index is 4.59. The molecule has 2 heteroatoms. The molecule has 0 radical (unpaired) electrons. The Hall–Kier alpha value is -0.110. The van der Waals surface area contributed by atoms with Crippen molar-refractivity contribution in [2.45, 2.75) is 38.4 Å². The van der Waals surface area contributed by atoms with Gasteiger partial charge in [0.2, 0.25) is 0 Å². The first-order valence-corrected chi connectivity index (χ1v) is 5.42. The molecule has 0 aromatic carbocycles. The van der Waals surface area contributed by atoms with E-state index in [9.17, 15) is 0 Å². The summed E-state index contributed by atoms with van der Waals surface area (Å²) in [6.07, 6.45) is 4.79. The first kappa shape index (κ1) is 9.97. The summed E-state index contributed by atoms with van der Waals surface area (Å²) in [6, 6.07) is 0. The number of aliphatic imine (C=N–C) groups is 1. The number of rotatable bonds is 3. The number of halogens is 1. The molecule has 1 aliphatic rings. The van der Waals surface area contributed by atoms with Gasteiger partial charge in [-0.2, -0.15) is 0 Å². The Morgan fingerprint density at radius 1 is 1.58 bits per heavy atom.